The number of hydrogen-bond donors (Lipinski definition) is 1. The van der Waals surface area contributed by atoms with E-state index in [4.69, 9.17) is 10.00 Å². The van der Waals surface area contributed by atoms with Crippen LogP contribution < -0.4 is 10.1 Å². The summed E-state index contributed by atoms with van der Waals surface area (Å²) >= 11 is 0. The average Bonchev–Trinajstić information content (AvgIpc) is 3.02. The van der Waals surface area contributed by atoms with Crippen molar-refractivity contribution in [2.75, 3.05) is 32.4 Å². The normalized spacial score (nSPS) is 16.7. The summed E-state index contributed by atoms with van der Waals surface area (Å²) in [5, 5.41) is 12.1. The maximum absolute atomic E-state index is 13.1. The number of sulfone groups is 1. The molecule has 0 spiro atoms. The highest BCUT2D eigenvalue weighted by Crippen LogP contribution is 2.25. The summed E-state index contributed by atoms with van der Waals surface area (Å²) in [4.78, 5) is 34.6. The topological polar surface area (TPSA) is 133 Å². The molecule has 44 heavy (non-hydrogen) atoms. The minimum Gasteiger partial charge on any atom is -0.490 e. The van der Waals surface area contributed by atoms with Gasteiger partial charge in [0.2, 0.25) is 0 Å². The molecule has 2 fully saturated rings. The van der Waals surface area contributed by atoms with Gasteiger partial charge in [-0.3, -0.25) is 19.5 Å². The molecule has 10 nitrogen and oxygen atoms in total. The minimum atomic E-state index is -3.29. The molecule has 230 valence electrons. The van der Waals surface area contributed by atoms with Crippen LogP contribution in [0.1, 0.15) is 63.2 Å². The van der Waals surface area contributed by atoms with Crippen LogP contribution in [0.2, 0.25) is 0 Å². The number of rotatable bonds is 8. The van der Waals surface area contributed by atoms with Gasteiger partial charge in [0, 0.05) is 64.1 Å². The van der Waals surface area contributed by atoms with E-state index < -0.39 is 9.84 Å². The maximum Gasteiger partial charge on any atom is 0.272 e. The van der Waals surface area contributed by atoms with Crippen molar-refractivity contribution in [1.82, 2.24) is 20.1 Å². The van der Waals surface area contributed by atoms with Crippen LogP contribution in [0.5, 0.6) is 5.75 Å². The monoisotopic (exact) mass is 615 g/mol. The molecule has 2 aliphatic rings. The zero-order valence-corrected chi connectivity index (χ0v) is 25.8. The van der Waals surface area contributed by atoms with E-state index >= 15 is 0 Å². The predicted octanol–water partition coefficient (Wildman–Crippen LogP) is 3.74. The van der Waals surface area contributed by atoms with Crippen molar-refractivity contribution in [3.05, 3.63) is 88.7 Å². The second kappa shape index (κ2) is 13.6. The lowest BCUT2D eigenvalue weighted by atomic mass is 10.0. The lowest BCUT2D eigenvalue weighted by Gasteiger charge is -2.32. The van der Waals surface area contributed by atoms with Crippen LogP contribution in [0.25, 0.3) is 0 Å². The Labute approximate surface area is 258 Å². The van der Waals surface area contributed by atoms with Crippen LogP contribution in [0.15, 0.2) is 65.7 Å². The van der Waals surface area contributed by atoms with Crippen LogP contribution in [0.4, 0.5) is 0 Å². The first-order valence-electron chi connectivity index (χ1n) is 14.8. The van der Waals surface area contributed by atoms with Gasteiger partial charge < -0.3 is 15.0 Å². The Morgan fingerprint density at radius 3 is 2.30 bits per heavy atom. The third-order valence-corrected chi connectivity index (χ3v) is 9.49. The van der Waals surface area contributed by atoms with Crippen molar-refractivity contribution in [3.63, 3.8) is 0 Å². The molecule has 0 atom stereocenters. The molecule has 2 amide bonds. The number of nitrogens with one attached hydrogen (secondary N) is 1. The van der Waals surface area contributed by atoms with E-state index in [1.54, 1.807) is 42.2 Å². The third kappa shape index (κ3) is 7.81. The van der Waals surface area contributed by atoms with E-state index in [-0.39, 0.29) is 24.0 Å². The quantitative estimate of drug-likeness (QED) is 0.405. The molecule has 1 N–H and O–H groups in total. The number of piperidine rings is 2. The Balaban J connectivity index is 1.06. The van der Waals surface area contributed by atoms with Crippen molar-refractivity contribution in [1.29, 1.82) is 5.26 Å². The van der Waals surface area contributed by atoms with Crippen molar-refractivity contribution >= 4 is 21.7 Å². The number of nitriles is 1. The average molecular weight is 616 g/mol. The van der Waals surface area contributed by atoms with Crippen molar-refractivity contribution in [3.8, 4) is 11.8 Å². The first-order valence-corrected chi connectivity index (χ1v) is 16.7. The third-order valence-electron chi connectivity index (χ3n) is 8.23. The van der Waals surface area contributed by atoms with Crippen molar-refractivity contribution in [2.24, 2.45) is 0 Å². The molecule has 11 heteroatoms. The highest BCUT2D eigenvalue weighted by Gasteiger charge is 2.26. The molecule has 0 saturated carbocycles. The summed E-state index contributed by atoms with van der Waals surface area (Å²) in [6.45, 7) is 5.32. The molecule has 3 aromatic rings. The van der Waals surface area contributed by atoms with Crippen LogP contribution in [0.3, 0.4) is 0 Å². The molecule has 2 aliphatic heterocycles. The second-order valence-electron chi connectivity index (χ2n) is 11.6. The highest BCUT2D eigenvalue weighted by atomic mass is 32.2. The molecule has 1 aromatic heterocycles. The number of pyridine rings is 1. The standard InChI is InChI=1S/C33H37N5O5S/c1-23-19-29(8-10-31(23)44(2,41)42)43-28-13-17-38(18-14-28)33(40)30-9-7-26(21-35-30)32(39)36-27-11-15-37(16-12-27)22-25-5-3-24(20-34)4-6-25/h3-10,19,21,27-28H,11-18,22H2,1-2H3,(H,36,39). The number of aromatic nitrogens is 1. The number of likely N-dealkylation sites (tertiary alicyclic amines) is 2. The van der Waals surface area contributed by atoms with Crippen LogP contribution in [0, 0.1) is 18.3 Å². The first kappa shape index (κ1) is 31.2. The van der Waals surface area contributed by atoms with Crippen LogP contribution in [-0.2, 0) is 16.4 Å². The van der Waals surface area contributed by atoms with Gasteiger partial charge >= 0.3 is 0 Å². The van der Waals surface area contributed by atoms with E-state index in [2.05, 4.69) is 21.3 Å². The van der Waals surface area contributed by atoms with Gasteiger partial charge in [0.25, 0.3) is 11.8 Å². The molecule has 0 aliphatic carbocycles. The van der Waals surface area contributed by atoms with Gasteiger partial charge in [0.1, 0.15) is 17.5 Å². The van der Waals surface area contributed by atoms with Gasteiger partial charge in [-0.2, -0.15) is 5.26 Å². The van der Waals surface area contributed by atoms with Gasteiger partial charge in [0.05, 0.1) is 22.1 Å². The summed E-state index contributed by atoms with van der Waals surface area (Å²) in [6.07, 6.45) is 5.54. The molecule has 0 bridgehead atoms. The number of carbonyl (C=O) groups is 2. The fraction of sp³-hybridized carbons (Fsp3) is 0.394. The number of hydrogen-bond acceptors (Lipinski definition) is 8. The van der Waals surface area contributed by atoms with Gasteiger partial charge in [-0.05, 0) is 73.4 Å². The van der Waals surface area contributed by atoms with E-state index in [1.807, 2.05) is 24.3 Å². The number of benzene rings is 2. The second-order valence-corrected chi connectivity index (χ2v) is 13.6. The number of amides is 2. The van der Waals surface area contributed by atoms with Gasteiger partial charge in [-0.15, -0.1) is 0 Å². The number of nitrogens with zero attached hydrogens (tertiary/aromatic N) is 4. The number of aryl methyl sites for hydroxylation is 1. The molecule has 3 heterocycles. The lowest BCUT2D eigenvalue weighted by Crippen LogP contribution is -2.44. The van der Waals surface area contributed by atoms with Gasteiger partial charge in [-0.25, -0.2) is 8.42 Å². The van der Waals surface area contributed by atoms with E-state index in [0.717, 1.165) is 32.5 Å². The van der Waals surface area contributed by atoms with E-state index in [9.17, 15) is 18.0 Å². The smallest absolute Gasteiger partial charge is 0.272 e. The molecule has 0 radical (unpaired) electrons. The van der Waals surface area contributed by atoms with E-state index in [1.165, 1.54) is 18.0 Å². The number of carbonyl (C=O) groups excluding carboxylic acids is 2. The lowest BCUT2D eigenvalue weighted by molar-refractivity contribution is 0.0589. The largest absolute Gasteiger partial charge is 0.490 e. The fourth-order valence-electron chi connectivity index (χ4n) is 5.74. The minimum absolute atomic E-state index is 0.0751. The molecule has 0 unspecified atom stereocenters. The Bertz CT molecular complexity index is 1640. The fourth-order valence-corrected chi connectivity index (χ4v) is 6.70. The molecular formula is C33H37N5O5S. The Morgan fingerprint density at radius 1 is 1.00 bits per heavy atom. The number of ether oxygens (including phenoxy) is 1. The Hall–Kier alpha value is -4.27. The Morgan fingerprint density at radius 2 is 1.70 bits per heavy atom. The summed E-state index contributed by atoms with van der Waals surface area (Å²) in [5.41, 5.74) is 3.18. The van der Waals surface area contributed by atoms with Crippen molar-refractivity contribution < 1.29 is 22.7 Å². The van der Waals surface area contributed by atoms with Gasteiger partial charge in [-0.1, -0.05) is 12.1 Å². The van der Waals surface area contributed by atoms with Gasteiger partial charge in [0.15, 0.2) is 9.84 Å². The molecular weight excluding hydrogens is 578 g/mol. The zero-order chi connectivity index (χ0) is 31.3. The molecule has 2 saturated heterocycles. The van der Waals surface area contributed by atoms with E-state index in [0.29, 0.717) is 59.0 Å². The summed E-state index contributed by atoms with van der Waals surface area (Å²) in [6, 6.07) is 18.1. The molecule has 2 aromatic carbocycles. The predicted molar refractivity (Wildman–Crippen MR) is 165 cm³/mol. The maximum atomic E-state index is 13.1. The highest BCUT2D eigenvalue weighted by molar-refractivity contribution is 7.90. The van der Waals surface area contributed by atoms with Crippen LogP contribution in [-0.4, -0.2) is 79.6 Å². The summed E-state index contributed by atoms with van der Waals surface area (Å²) in [7, 11) is -3.29. The summed E-state index contributed by atoms with van der Waals surface area (Å²) in [5.74, 6) is 0.238. The van der Waals surface area contributed by atoms with Crippen LogP contribution >= 0.6 is 0 Å². The SMILES string of the molecule is Cc1cc(OC2CCN(C(=O)c3ccc(C(=O)NC4CCN(Cc5ccc(C#N)cc5)CC4)cn3)CC2)ccc1S(C)(=O)=O. The zero-order valence-electron chi connectivity index (χ0n) is 25.0. The Kier molecular flexibility index (Phi) is 9.61. The van der Waals surface area contributed by atoms with Crippen molar-refractivity contribution in [2.45, 2.75) is 56.2 Å². The molecule has 5 rings (SSSR count). The summed E-state index contributed by atoms with van der Waals surface area (Å²) < 4.78 is 29.8. The first-order chi connectivity index (χ1) is 21.1.